The highest BCUT2D eigenvalue weighted by Crippen LogP contribution is 2.53. The quantitative estimate of drug-likeness (QED) is 0.153. The van der Waals surface area contributed by atoms with Crippen LogP contribution in [0, 0.1) is 11.8 Å². The Hall–Kier alpha value is -2.70. The molecule has 6 heteroatoms. The summed E-state index contributed by atoms with van der Waals surface area (Å²) >= 11 is 0. The summed E-state index contributed by atoms with van der Waals surface area (Å²) in [6, 6.07) is 21.4. The number of rotatable bonds is 14. The number of aromatic nitrogens is 1. The molecule has 2 aromatic carbocycles. The standard InChI is InChI=1S/C36H49NO4Si/c1-25(2)21-26-22-29(23-26)35-33(27-18-19-27)34(37-41-35)28(24-32(38)39)13-12-20-40-42(36(3,4)5,30-14-8-6-9-15-30)31-16-10-7-11-17-31/h6-11,14-17,25-29H,12-13,18-24H2,1-5H3,(H,38,39). The van der Waals surface area contributed by atoms with Crippen LogP contribution in [-0.2, 0) is 9.22 Å². The highest BCUT2D eigenvalue weighted by molar-refractivity contribution is 6.99. The van der Waals surface area contributed by atoms with Gasteiger partial charge >= 0.3 is 5.97 Å². The highest BCUT2D eigenvalue weighted by atomic mass is 28.4. The van der Waals surface area contributed by atoms with E-state index in [1.807, 2.05) is 0 Å². The summed E-state index contributed by atoms with van der Waals surface area (Å²) in [5, 5.41) is 16.9. The van der Waals surface area contributed by atoms with Gasteiger partial charge in [-0.3, -0.25) is 4.79 Å². The van der Waals surface area contributed by atoms with Crippen LogP contribution in [0.15, 0.2) is 65.2 Å². The van der Waals surface area contributed by atoms with Crippen molar-refractivity contribution < 1.29 is 18.9 Å². The fourth-order valence-electron chi connectivity index (χ4n) is 7.37. The zero-order valence-electron chi connectivity index (χ0n) is 26.1. The Balaban J connectivity index is 1.34. The molecule has 0 bridgehead atoms. The lowest BCUT2D eigenvalue weighted by atomic mass is 9.69. The third-order valence-corrected chi connectivity index (χ3v) is 14.5. The van der Waals surface area contributed by atoms with Gasteiger partial charge in [0.15, 0.2) is 0 Å². The molecule has 1 atom stereocenters. The van der Waals surface area contributed by atoms with Gasteiger partial charge in [-0.2, -0.15) is 0 Å². The molecular formula is C36H49NO4Si. The van der Waals surface area contributed by atoms with Crippen molar-refractivity contribution >= 4 is 24.7 Å². The van der Waals surface area contributed by atoms with E-state index in [-0.39, 0.29) is 17.4 Å². The lowest BCUT2D eigenvalue weighted by Crippen LogP contribution is -2.66. The number of hydrogen-bond acceptors (Lipinski definition) is 4. The normalized spacial score (nSPS) is 20.0. The Morgan fingerprint density at radius 1 is 1.00 bits per heavy atom. The van der Waals surface area contributed by atoms with Crippen molar-refractivity contribution in [3.05, 3.63) is 77.7 Å². The maximum Gasteiger partial charge on any atom is 0.304 e. The van der Waals surface area contributed by atoms with E-state index in [1.54, 1.807) is 0 Å². The van der Waals surface area contributed by atoms with Crippen LogP contribution in [0.4, 0.5) is 0 Å². The van der Waals surface area contributed by atoms with E-state index in [1.165, 1.54) is 35.2 Å². The van der Waals surface area contributed by atoms with Crippen molar-refractivity contribution in [3.8, 4) is 0 Å². The molecule has 0 saturated heterocycles. The number of hydrogen-bond donors (Lipinski definition) is 1. The number of nitrogens with zero attached hydrogens (tertiary/aromatic N) is 1. The van der Waals surface area contributed by atoms with Crippen molar-refractivity contribution in [2.75, 3.05) is 6.61 Å². The molecule has 5 rings (SSSR count). The maximum absolute atomic E-state index is 12.0. The molecule has 226 valence electrons. The lowest BCUT2D eigenvalue weighted by molar-refractivity contribution is -0.137. The van der Waals surface area contributed by atoms with E-state index in [0.717, 1.165) is 49.0 Å². The molecule has 0 radical (unpaired) electrons. The Morgan fingerprint density at radius 3 is 2.10 bits per heavy atom. The van der Waals surface area contributed by atoms with E-state index < -0.39 is 14.3 Å². The van der Waals surface area contributed by atoms with Crippen molar-refractivity contribution in [3.63, 3.8) is 0 Å². The summed E-state index contributed by atoms with van der Waals surface area (Å²) in [7, 11) is -2.63. The van der Waals surface area contributed by atoms with Gasteiger partial charge in [0.25, 0.3) is 8.32 Å². The molecule has 3 aromatic rings. The van der Waals surface area contributed by atoms with Crippen LogP contribution in [0.25, 0.3) is 0 Å². The van der Waals surface area contributed by atoms with Crippen molar-refractivity contribution in [1.29, 1.82) is 0 Å². The smallest absolute Gasteiger partial charge is 0.304 e. The maximum atomic E-state index is 12.0. The minimum absolute atomic E-state index is 0.0749. The zero-order valence-corrected chi connectivity index (χ0v) is 27.1. The average molecular weight is 588 g/mol. The molecule has 42 heavy (non-hydrogen) atoms. The van der Waals surface area contributed by atoms with Gasteiger partial charge < -0.3 is 14.1 Å². The Kier molecular flexibility index (Phi) is 9.43. The fraction of sp³-hybridized carbons (Fsp3) is 0.556. The summed E-state index contributed by atoms with van der Waals surface area (Å²) in [5.74, 6) is 2.53. The van der Waals surface area contributed by atoms with Crippen LogP contribution in [-0.4, -0.2) is 31.2 Å². The molecule has 0 amide bonds. The van der Waals surface area contributed by atoms with Crippen LogP contribution in [0.1, 0.15) is 121 Å². The monoisotopic (exact) mass is 587 g/mol. The molecule has 1 unspecified atom stereocenters. The SMILES string of the molecule is CC(C)CC1CC(c2onc(C(CCCO[Si](c3ccccc3)(c3ccccc3)C(C)(C)C)CC(=O)O)c2C2CC2)C1. The summed E-state index contributed by atoms with van der Waals surface area (Å²) in [6.07, 6.45) is 7.48. The highest BCUT2D eigenvalue weighted by Gasteiger charge is 2.50. The molecule has 2 aliphatic rings. The van der Waals surface area contributed by atoms with Crippen LogP contribution >= 0.6 is 0 Å². The first-order valence-corrected chi connectivity index (χ1v) is 18.0. The Labute approximate surface area is 253 Å². The van der Waals surface area contributed by atoms with Crippen molar-refractivity contribution in [2.45, 2.75) is 109 Å². The van der Waals surface area contributed by atoms with Gasteiger partial charge in [-0.1, -0.05) is 100 Å². The van der Waals surface area contributed by atoms with E-state index in [4.69, 9.17) is 8.95 Å². The van der Waals surface area contributed by atoms with Crippen molar-refractivity contribution in [2.24, 2.45) is 11.8 Å². The summed E-state index contributed by atoms with van der Waals surface area (Å²) < 4.78 is 13.2. The van der Waals surface area contributed by atoms with Crippen molar-refractivity contribution in [1.82, 2.24) is 5.16 Å². The third kappa shape index (κ3) is 6.60. The molecule has 2 fully saturated rings. The number of carboxylic acid groups (broad SMARTS) is 1. The first-order valence-electron chi connectivity index (χ1n) is 16.1. The largest absolute Gasteiger partial charge is 0.481 e. The van der Waals surface area contributed by atoms with Gasteiger partial charge in [-0.25, -0.2) is 0 Å². The van der Waals surface area contributed by atoms with E-state index >= 15 is 0 Å². The molecular weight excluding hydrogens is 538 g/mol. The van der Waals surface area contributed by atoms with E-state index in [9.17, 15) is 9.90 Å². The van der Waals surface area contributed by atoms with Crippen LogP contribution in [0.5, 0.6) is 0 Å². The molecule has 1 heterocycles. The van der Waals surface area contributed by atoms with Gasteiger partial charge in [-0.15, -0.1) is 0 Å². The molecule has 2 saturated carbocycles. The Bertz CT molecular complexity index is 1260. The van der Waals surface area contributed by atoms with Crippen LogP contribution in [0.3, 0.4) is 0 Å². The van der Waals surface area contributed by atoms with Gasteiger partial charge in [0.1, 0.15) is 5.76 Å². The molecule has 1 aromatic heterocycles. The molecule has 0 spiro atoms. The lowest BCUT2D eigenvalue weighted by Gasteiger charge is -2.43. The second-order valence-electron chi connectivity index (χ2n) is 14.2. The summed E-state index contributed by atoms with van der Waals surface area (Å²) in [6.45, 7) is 12.0. The third-order valence-electron chi connectivity index (χ3n) is 9.42. The molecule has 1 N–H and O–H groups in total. The number of carboxylic acids is 1. The first-order chi connectivity index (χ1) is 20.1. The van der Waals surface area contributed by atoms with E-state index in [2.05, 4.69) is 100 Å². The number of carbonyl (C=O) groups is 1. The predicted octanol–water partition coefficient (Wildman–Crippen LogP) is 8.01. The zero-order chi connectivity index (χ0) is 29.9. The van der Waals surface area contributed by atoms with E-state index in [0.29, 0.717) is 18.4 Å². The minimum atomic E-state index is -2.63. The predicted molar refractivity (Wildman–Crippen MR) is 171 cm³/mol. The second-order valence-corrected chi connectivity index (χ2v) is 18.5. The molecule has 5 nitrogen and oxygen atoms in total. The van der Waals surface area contributed by atoms with Crippen LogP contribution < -0.4 is 10.4 Å². The van der Waals surface area contributed by atoms with Crippen LogP contribution in [0.2, 0.25) is 5.04 Å². The topological polar surface area (TPSA) is 72.6 Å². The Morgan fingerprint density at radius 2 is 1.60 bits per heavy atom. The fourth-order valence-corrected chi connectivity index (χ4v) is 12.0. The van der Waals surface area contributed by atoms with Gasteiger partial charge in [0, 0.05) is 24.0 Å². The van der Waals surface area contributed by atoms with Gasteiger partial charge in [0.2, 0.25) is 0 Å². The minimum Gasteiger partial charge on any atom is -0.481 e. The molecule has 2 aliphatic carbocycles. The molecule has 0 aliphatic heterocycles. The average Bonchev–Trinajstić information content (AvgIpc) is 3.68. The van der Waals surface area contributed by atoms with Gasteiger partial charge in [-0.05, 0) is 78.1 Å². The van der Waals surface area contributed by atoms with Gasteiger partial charge in [0.05, 0.1) is 12.1 Å². The summed E-state index contributed by atoms with van der Waals surface area (Å²) in [4.78, 5) is 12.0. The number of aliphatic carboxylic acids is 1. The summed E-state index contributed by atoms with van der Waals surface area (Å²) in [5.41, 5.74) is 2.16. The number of benzene rings is 2. The first kappa shape index (κ1) is 30.7. The second kappa shape index (κ2) is 12.9.